The largest absolute Gasteiger partial charge is 0.472 e. The number of phosphoric acid groups is 1. The maximum Gasteiger partial charge on any atom is 0.472 e. The molecule has 64 heavy (non-hydrogen) atoms. The molecule has 0 aliphatic heterocycles. The second-order valence-electron chi connectivity index (χ2n) is 16.1. The predicted molar refractivity (Wildman–Crippen MR) is 269 cm³/mol. The van der Waals surface area contributed by atoms with Gasteiger partial charge in [-0.25, -0.2) is 4.57 Å². The lowest BCUT2D eigenvalue weighted by Crippen LogP contribution is -2.29. The Morgan fingerprint density at radius 1 is 0.484 bits per heavy atom. The summed E-state index contributed by atoms with van der Waals surface area (Å²) in [4.78, 5) is 22.7. The van der Waals surface area contributed by atoms with Crippen molar-refractivity contribution < 1.29 is 43.0 Å². The number of allylic oxidation sites excluding steroid dienone is 18. The van der Waals surface area contributed by atoms with Gasteiger partial charge in [-0.05, 0) is 96.3 Å². The van der Waals surface area contributed by atoms with Crippen LogP contribution in [0.1, 0.15) is 181 Å². The third kappa shape index (κ3) is 48.6. The Hall–Kier alpha value is -2.88. The zero-order chi connectivity index (χ0) is 46.7. The van der Waals surface area contributed by atoms with E-state index in [9.17, 15) is 19.4 Å². The van der Waals surface area contributed by atoms with E-state index >= 15 is 0 Å². The van der Waals surface area contributed by atoms with E-state index in [1.54, 1.807) is 0 Å². The van der Waals surface area contributed by atoms with Gasteiger partial charge in [-0.15, -0.1) is 0 Å². The van der Waals surface area contributed by atoms with Gasteiger partial charge in [0.2, 0.25) is 0 Å². The normalized spacial score (nSPS) is 14.8. The molecule has 0 aliphatic rings. The van der Waals surface area contributed by atoms with Crippen molar-refractivity contribution in [3.8, 4) is 0 Å². The highest BCUT2D eigenvalue weighted by Crippen LogP contribution is 2.43. The van der Waals surface area contributed by atoms with Crippen molar-refractivity contribution in [3.05, 3.63) is 109 Å². The Kier molecular flexibility index (Phi) is 47.3. The first-order chi connectivity index (χ1) is 31.3. The number of aliphatic hydroxyl groups is 2. The fourth-order valence-corrected chi connectivity index (χ4v) is 7.04. The second-order valence-corrected chi connectivity index (χ2v) is 17.5. The summed E-state index contributed by atoms with van der Waals surface area (Å²) in [5, 5.41) is 18.4. The Morgan fingerprint density at radius 2 is 0.844 bits per heavy atom. The molecule has 0 fully saturated rings. The molecule has 366 valence electrons. The van der Waals surface area contributed by atoms with Crippen LogP contribution in [0.25, 0.3) is 0 Å². The van der Waals surface area contributed by atoms with Crippen molar-refractivity contribution in [1.82, 2.24) is 0 Å². The summed E-state index contributed by atoms with van der Waals surface area (Å²) in [6.07, 6.45) is 64.7. The van der Waals surface area contributed by atoms with E-state index in [4.69, 9.17) is 23.6 Å². The number of carbonyl (C=O) groups is 1. The van der Waals surface area contributed by atoms with Crippen LogP contribution in [0, 0.1) is 0 Å². The van der Waals surface area contributed by atoms with E-state index in [1.165, 1.54) is 38.5 Å². The first-order valence-electron chi connectivity index (χ1n) is 24.9. The van der Waals surface area contributed by atoms with E-state index in [1.807, 2.05) is 0 Å². The Bertz CT molecular complexity index is 1360. The first kappa shape index (κ1) is 61.1. The molecule has 0 aromatic rings. The molecular formula is C54H91O9P. The van der Waals surface area contributed by atoms with Crippen LogP contribution in [0.3, 0.4) is 0 Å². The molecule has 0 heterocycles. The van der Waals surface area contributed by atoms with Gasteiger partial charge in [0.1, 0.15) is 12.2 Å². The number of esters is 1. The summed E-state index contributed by atoms with van der Waals surface area (Å²) in [5.74, 6) is -0.407. The number of phosphoric ester groups is 1. The van der Waals surface area contributed by atoms with Crippen molar-refractivity contribution in [2.45, 2.75) is 193 Å². The molecule has 0 spiro atoms. The van der Waals surface area contributed by atoms with Gasteiger partial charge in [0, 0.05) is 13.0 Å². The number of hydrogen-bond donors (Lipinski definition) is 3. The highest BCUT2D eigenvalue weighted by molar-refractivity contribution is 7.47. The summed E-state index contributed by atoms with van der Waals surface area (Å²) in [7, 11) is -4.54. The average Bonchev–Trinajstić information content (AvgIpc) is 3.29. The minimum Gasteiger partial charge on any atom is -0.457 e. The fraction of sp³-hybridized carbons (Fsp3) is 0.648. The van der Waals surface area contributed by atoms with Gasteiger partial charge in [0.05, 0.1) is 26.4 Å². The standard InChI is InChI=1S/C54H91O9P/c1-3-5-7-9-11-13-15-17-19-21-23-25-27-29-31-33-35-37-39-41-43-45-47-60-50-53(51-62-64(58,59)61-49-52(56)48-55)63-54(57)46-44-42-40-38-36-34-32-30-28-26-24-22-20-18-16-14-12-10-8-6-4-2/h5-8,11-14,17-20,23-26,30,32,52-53,55-56H,3-4,9-10,15-16,21-22,27-29,31,33-51H2,1-2H3,(H,58,59)/b7-5-,8-6-,13-11-,14-12-,19-17-,20-18-,25-23-,26-24-,32-30-. The van der Waals surface area contributed by atoms with E-state index in [-0.39, 0.29) is 13.0 Å². The van der Waals surface area contributed by atoms with Crippen LogP contribution >= 0.6 is 7.82 Å². The molecule has 0 amide bonds. The number of hydrogen-bond acceptors (Lipinski definition) is 8. The molecule has 0 aliphatic carbocycles. The maximum atomic E-state index is 12.7. The second kappa shape index (κ2) is 49.6. The molecule has 10 heteroatoms. The third-order valence-electron chi connectivity index (χ3n) is 9.95. The zero-order valence-corrected chi connectivity index (χ0v) is 41.1. The summed E-state index contributed by atoms with van der Waals surface area (Å²) < 4.78 is 33.5. The van der Waals surface area contributed by atoms with Crippen molar-refractivity contribution in [2.24, 2.45) is 0 Å². The molecule has 3 atom stereocenters. The molecule has 0 rings (SSSR count). The lowest BCUT2D eigenvalue weighted by molar-refractivity contribution is -0.154. The molecular weight excluding hydrogens is 824 g/mol. The van der Waals surface area contributed by atoms with Gasteiger partial charge in [-0.3, -0.25) is 13.8 Å². The van der Waals surface area contributed by atoms with Crippen LogP contribution in [-0.2, 0) is 27.9 Å². The summed E-state index contributed by atoms with van der Waals surface area (Å²) in [6, 6.07) is 0. The number of unbranched alkanes of at least 4 members (excludes halogenated alkanes) is 14. The van der Waals surface area contributed by atoms with Gasteiger partial charge in [0.25, 0.3) is 0 Å². The van der Waals surface area contributed by atoms with Gasteiger partial charge in [0.15, 0.2) is 0 Å². The van der Waals surface area contributed by atoms with Crippen LogP contribution in [0.4, 0.5) is 0 Å². The molecule has 0 saturated carbocycles. The van der Waals surface area contributed by atoms with Gasteiger partial charge in [-0.1, -0.05) is 187 Å². The molecule has 0 bridgehead atoms. The van der Waals surface area contributed by atoms with E-state index in [0.717, 1.165) is 116 Å². The molecule has 0 saturated heterocycles. The van der Waals surface area contributed by atoms with Crippen LogP contribution in [0.5, 0.6) is 0 Å². The lowest BCUT2D eigenvalue weighted by atomic mass is 10.1. The minimum atomic E-state index is -4.54. The average molecular weight is 915 g/mol. The summed E-state index contributed by atoms with van der Waals surface area (Å²) in [5.41, 5.74) is 0. The van der Waals surface area contributed by atoms with Gasteiger partial charge in [-0.2, -0.15) is 0 Å². The van der Waals surface area contributed by atoms with Crippen molar-refractivity contribution in [1.29, 1.82) is 0 Å². The molecule has 3 unspecified atom stereocenters. The minimum absolute atomic E-state index is 0.0295. The highest BCUT2D eigenvalue weighted by atomic mass is 31.2. The van der Waals surface area contributed by atoms with Gasteiger partial charge >= 0.3 is 13.8 Å². The van der Waals surface area contributed by atoms with Crippen LogP contribution in [-0.4, -0.2) is 66.3 Å². The monoisotopic (exact) mass is 915 g/mol. The van der Waals surface area contributed by atoms with Crippen LogP contribution < -0.4 is 0 Å². The number of ether oxygens (including phenoxy) is 2. The van der Waals surface area contributed by atoms with Crippen molar-refractivity contribution in [3.63, 3.8) is 0 Å². The van der Waals surface area contributed by atoms with E-state index in [2.05, 4.69) is 123 Å². The fourth-order valence-electron chi connectivity index (χ4n) is 6.26. The van der Waals surface area contributed by atoms with Crippen molar-refractivity contribution >= 4 is 13.8 Å². The Labute approximate surface area is 390 Å². The topological polar surface area (TPSA) is 132 Å². The molecule has 3 N–H and O–H groups in total. The first-order valence-corrected chi connectivity index (χ1v) is 26.4. The van der Waals surface area contributed by atoms with Crippen LogP contribution in [0.2, 0.25) is 0 Å². The van der Waals surface area contributed by atoms with E-state index < -0.39 is 45.8 Å². The number of aliphatic hydroxyl groups excluding tert-OH is 2. The molecule has 0 aromatic carbocycles. The molecule has 0 radical (unpaired) electrons. The summed E-state index contributed by atoms with van der Waals surface area (Å²) in [6.45, 7) is 3.24. The number of carbonyl (C=O) groups excluding carboxylic acids is 1. The number of rotatable bonds is 46. The Morgan fingerprint density at radius 3 is 1.27 bits per heavy atom. The third-order valence-corrected chi connectivity index (χ3v) is 10.9. The smallest absolute Gasteiger partial charge is 0.457 e. The van der Waals surface area contributed by atoms with Crippen LogP contribution in [0.15, 0.2) is 109 Å². The van der Waals surface area contributed by atoms with Gasteiger partial charge < -0.3 is 24.6 Å². The SMILES string of the molecule is CC/C=C\C/C=C\C/C=C\C/C=C\C/C=C\CCCCCCCC(=O)OC(COCCCCCCCCCCC/C=C\C/C=C\C/C=C\C/C=C\CC)COP(=O)(O)OCC(O)CO. The summed E-state index contributed by atoms with van der Waals surface area (Å²) >= 11 is 0. The van der Waals surface area contributed by atoms with Crippen molar-refractivity contribution in [2.75, 3.05) is 33.0 Å². The predicted octanol–water partition coefficient (Wildman–Crippen LogP) is 14.6. The lowest BCUT2D eigenvalue weighted by Gasteiger charge is -2.20. The quantitative estimate of drug-likeness (QED) is 0.0236. The zero-order valence-electron chi connectivity index (χ0n) is 40.2. The van der Waals surface area contributed by atoms with E-state index in [0.29, 0.717) is 13.0 Å². The maximum absolute atomic E-state index is 12.7. The molecule has 0 aromatic heterocycles. The molecule has 9 nitrogen and oxygen atoms in total. The Balaban J connectivity index is 4.18. The highest BCUT2D eigenvalue weighted by Gasteiger charge is 2.26.